The number of ether oxygens (including phenoxy) is 1. The van der Waals surface area contributed by atoms with Crippen LogP contribution in [0.3, 0.4) is 0 Å². The van der Waals surface area contributed by atoms with Crippen molar-refractivity contribution in [2.45, 2.75) is 6.92 Å². The Bertz CT molecular complexity index is 405. The molecule has 1 aliphatic rings. The largest absolute Gasteiger partial charge is 0.480 e. The minimum absolute atomic E-state index is 0.170. The molecular weight excluding hydrogens is 278 g/mol. The van der Waals surface area contributed by atoms with E-state index in [9.17, 15) is 14.4 Å². The number of nitrogens with zero attached hydrogens (tertiary/aromatic N) is 3. The number of rotatable bonds is 5. The number of carbonyl (C=O) groups excluding carboxylic acids is 2. The fourth-order valence-electron chi connectivity index (χ4n) is 2.02. The van der Waals surface area contributed by atoms with Crippen molar-refractivity contribution in [1.82, 2.24) is 14.7 Å². The van der Waals surface area contributed by atoms with E-state index in [1.165, 1.54) is 20.8 Å². The first-order chi connectivity index (χ1) is 9.99. The lowest BCUT2D eigenvalue weighted by Gasteiger charge is -2.36. The zero-order chi connectivity index (χ0) is 15.8. The molecule has 0 radical (unpaired) electrons. The molecule has 1 heterocycles. The van der Waals surface area contributed by atoms with Gasteiger partial charge >= 0.3 is 18.1 Å². The van der Waals surface area contributed by atoms with Gasteiger partial charge in [0, 0.05) is 32.7 Å². The van der Waals surface area contributed by atoms with Gasteiger partial charge in [0.25, 0.3) is 0 Å². The van der Waals surface area contributed by atoms with Gasteiger partial charge in [0.15, 0.2) is 0 Å². The molecule has 0 atom stereocenters. The summed E-state index contributed by atoms with van der Waals surface area (Å²) in [5.41, 5.74) is 0. The average molecular weight is 299 g/mol. The summed E-state index contributed by atoms with van der Waals surface area (Å²) in [7, 11) is 0. The molecule has 118 valence electrons. The highest BCUT2D eigenvalue weighted by Crippen LogP contribution is 2.07. The minimum Gasteiger partial charge on any atom is -0.480 e. The van der Waals surface area contributed by atoms with Gasteiger partial charge in [0.2, 0.25) is 0 Å². The predicted molar refractivity (Wildman–Crippen MR) is 75.0 cm³/mol. The van der Waals surface area contributed by atoms with Crippen LogP contribution in [-0.4, -0.2) is 83.8 Å². The summed E-state index contributed by atoms with van der Waals surface area (Å²) in [5.74, 6) is -1.07. The van der Waals surface area contributed by atoms with Gasteiger partial charge in [-0.3, -0.25) is 4.79 Å². The maximum absolute atomic E-state index is 12.2. The molecule has 0 spiro atoms. The van der Waals surface area contributed by atoms with Crippen molar-refractivity contribution in [2.24, 2.45) is 0 Å². The van der Waals surface area contributed by atoms with E-state index in [0.29, 0.717) is 32.8 Å². The van der Waals surface area contributed by atoms with Crippen LogP contribution in [0.1, 0.15) is 6.92 Å². The lowest BCUT2D eigenvalue weighted by atomic mass is 10.3. The summed E-state index contributed by atoms with van der Waals surface area (Å²) in [5, 5.41) is 8.82. The van der Waals surface area contributed by atoms with E-state index in [0.717, 1.165) is 0 Å². The van der Waals surface area contributed by atoms with Crippen molar-refractivity contribution in [3.63, 3.8) is 0 Å². The molecule has 8 nitrogen and oxygen atoms in total. The highest BCUT2D eigenvalue weighted by atomic mass is 16.6. The van der Waals surface area contributed by atoms with Gasteiger partial charge in [0.05, 0.1) is 6.61 Å². The Morgan fingerprint density at radius 3 is 2.29 bits per heavy atom. The summed E-state index contributed by atoms with van der Waals surface area (Å²) >= 11 is 0. The number of carbonyl (C=O) groups is 3. The monoisotopic (exact) mass is 299 g/mol. The van der Waals surface area contributed by atoms with Gasteiger partial charge in [-0.25, -0.2) is 9.59 Å². The molecule has 1 saturated heterocycles. The molecule has 0 unspecified atom stereocenters. The molecular formula is C13H21N3O5. The molecule has 0 aromatic rings. The zero-order valence-corrected chi connectivity index (χ0v) is 12.2. The Hall–Kier alpha value is -2.25. The second-order valence-corrected chi connectivity index (χ2v) is 4.52. The highest BCUT2D eigenvalue weighted by Gasteiger charge is 2.28. The van der Waals surface area contributed by atoms with Crippen LogP contribution in [0.25, 0.3) is 0 Å². The number of carboxylic acid groups (broad SMARTS) is 1. The van der Waals surface area contributed by atoms with E-state index >= 15 is 0 Å². The summed E-state index contributed by atoms with van der Waals surface area (Å²) < 4.78 is 4.90. The normalized spacial score (nSPS) is 14.5. The molecule has 1 aliphatic heterocycles. The maximum atomic E-state index is 12.2. The number of amides is 3. The van der Waals surface area contributed by atoms with Gasteiger partial charge in [0.1, 0.15) is 6.54 Å². The Balaban J connectivity index is 2.54. The van der Waals surface area contributed by atoms with Crippen LogP contribution in [0.2, 0.25) is 0 Å². The molecule has 1 rings (SSSR count). The van der Waals surface area contributed by atoms with E-state index in [1.54, 1.807) is 6.92 Å². The average Bonchev–Trinajstić information content (AvgIpc) is 2.46. The van der Waals surface area contributed by atoms with Crippen molar-refractivity contribution in [2.75, 3.05) is 45.9 Å². The minimum atomic E-state index is -1.07. The number of carboxylic acids is 1. The Labute approximate surface area is 123 Å². The van der Waals surface area contributed by atoms with Crippen LogP contribution in [0.4, 0.5) is 9.59 Å². The molecule has 1 N–H and O–H groups in total. The molecule has 0 bridgehead atoms. The quantitative estimate of drug-likeness (QED) is 0.744. The van der Waals surface area contributed by atoms with Crippen LogP contribution in [0, 0.1) is 0 Å². The van der Waals surface area contributed by atoms with Crippen LogP contribution in [-0.2, 0) is 9.53 Å². The van der Waals surface area contributed by atoms with E-state index in [4.69, 9.17) is 9.84 Å². The van der Waals surface area contributed by atoms with E-state index in [-0.39, 0.29) is 19.1 Å². The summed E-state index contributed by atoms with van der Waals surface area (Å²) in [6, 6.07) is -0.360. The number of hydrogen-bond acceptors (Lipinski definition) is 4. The summed E-state index contributed by atoms with van der Waals surface area (Å²) in [4.78, 5) is 38.8. The van der Waals surface area contributed by atoms with E-state index in [1.807, 2.05) is 0 Å². The lowest BCUT2D eigenvalue weighted by Crippen LogP contribution is -2.54. The van der Waals surface area contributed by atoms with E-state index < -0.39 is 12.1 Å². The first-order valence-corrected chi connectivity index (χ1v) is 6.77. The SMILES string of the molecule is C=CCN(CC(=O)O)C(=O)N1CCN(C(=O)OCC)CC1. The summed E-state index contributed by atoms with van der Waals surface area (Å²) in [6.45, 7) is 6.81. The second kappa shape index (κ2) is 8.13. The highest BCUT2D eigenvalue weighted by molar-refractivity contribution is 5.80. The number of piperazine rings is 1. The number of urea groups is 1. The maximum Gasteiger partial charge on any atom is 0.409 e. The van der Waals surface area contributed by atoms with Crippen molar-refractivity contribution >= 4 is 18.1 Å². The Kier molecular flexibility index (Phi) is 6.51. The molecule has 0 aliphatic carbocycles. The smallest absolute Gasteiger partial charge is 0.409 e. The predicted octanol–water partition coefficient (Wildman–Crippen LogP) is 0.453. The number of hydrogen-bond donors (Lipinski definition) is 1. The fourth-order valence-corrected chi connectivity index (χ4v) is 2.02. The second-order valence-electron chi connectivity index (χ2n) is 4.52. The Morgan fingerprint density at radius 2 is 1.81 bits per heavy atom. The molecule has 3 amide bonds. The number of aliphatic carboxylic acids is 1. The van der Waals surface area contributed by atoms with Crippen LogP contribution in [0.15, 0.2) is 12.7 Å². The topological polar surface area (TPSA) is 90.4 Å². The fraction of sp³-hybridized carbons (Fsp3) is 0.615. The van der Waals surface area contributed by atoms with Gasteiger partial charge in [-0.1, -0.05) is 6.08 Å². The van der Waals surface area contributed by atoms with Crippen LogP contribution in [0.5, 0.6) is 0 Å². The summed E-state index contributed by atoms with van der Waals surface area (Å²) in [6.07, 6.45) is 1.09. The van der Waals surface area contributed by atoms with Gasteiger partial charge < -0.3 is 24.5 Å². The van der Waals surface area contributed by atoms with Crippen molar-refractivity contribution in [1.29, 1.82) is 0 Å². The lowest BCUT2D eigenvalue weighted by molar-refractivity contribution is -0.137. The van der Waals surface area contributed by atoms with Crippen molar-refractivity contribution < 1.29 is 24.2 Å². The third-order valence-electron chi connectivity index (χ3n) is 3.02. The van der Waals surface area contributed by atoms with Gasteiger partial charge in [-0.05, 0) is 6.92 Å². The van der Waals surface area contributed by atoms with Crippen molar-refractivity contribution in [3.05, 3.63) is 12.7 Å². The first-order valence-electron chi connectivity index (χ1n) is 6.77. The molecule has 0 aromatic heterocycles. The van der Waals surface area contributed by atoms with Crippen molar-refractivity contribution in [3.8, 4) is 0 Å². The molecule has 1 fully saturated rings. The third-order valence-corrected chi connectivity index (χ3v) is 3.02. The molecule has 0 saturated carbocycles. The van der Waals surface area contributed by atoms with Gasteiger partial charge in [-0.2, -0.15) is 0 Å². The third kappa shape index (κ3) is 4.97. The molecule has 21 heavy (non-hydrogen) atoms. The van der Waals surface area contributed by atoms with E-state index in [2.05, 4.69) is 6.58 Å². The molecule has 8 heteroatoms. The Morgan fingerprint density at radius 1 is 1.24 bits per heavy atom. The standard InChI is InChI=1S/C13H21N3O5/c1-3-5-16(10-11(17)18)12(19)14-6-8-15(9-7-14)13(20)21-4-2/h3H,1,4-10H2,2H3,(H,17,18). The van der Waals surface area contributed by atoms with Gasteiger partial charge in [-0.15, -0.1) is 6.58 Å². The van der Waals surface area contributed by atoms with Crippen LogP contribution >= 0.6 is 0 Å². The van der Waals surface area contributed by atoms with Crippen LogP contribution < -0.4 is 0 Å². The first kappa shape index (κ1) is 16.8. The molecule has 0 aromatic carbocycles. The zero-order valence-electron chi connectivity index (χ0n) is 12.2.